The fourth-order valence-corrected chi connectivity index (χ4v) is 4.16. The third-order valence-corrected chi connectivity index (χ3v) is 5.82. The predicted octanol–water partition coefficient (Wildman–Crippen LogP) is 4.11. The molecule has 0 unspecified atom stereocenters. The maximum absolute atomic E-state index is 13.1. The van der Waals surface area contributed by atoms with E-state index in [4.69, 9.17) is 0 Å². The Morgan fingerprint density at radius 2 is 1.77 bits per heavy atom. The van der Waals surface area contributed by atoms with Crippen molar-refractivity contribution in [3.8, 4) is 11.4 Å². The molecule has 1 N–H and O–H groups in total. The lowest BCUT2D eigenvalue weighted by molar-refractivity contribution is 0.0686. The summed E-state index contributed by atoms with van der Waals surface area (Å²) < 4.78 is 0. The van der Waals surface area contributed by atoms with Crippen molar-refractivity contribution in [2.75, 3.05) is 13.1 Å². The van der Waals surface area contributed by atoms with Crippen LogP contribution in [-0.2, 0) is 6.42 Å². The Morgan fingerprint density at radius 1 is 1.00 bits per heavy atom. The van der Waals surface area contributed by atoms with Crippen LogP contribution in [0.5, 0.6) is 0 Å². The molecule has 0 spiro atoms. The van der Waals surface area contributed by atoms with E-state index in [9.17, 15) is 4.79 Å². The molecule has 6 nitrogen and oxygen atoms in total. The zero-order chi connectivity index (χ0) is 20.3. The number of hydrogen-bond acceptors (Lipinski definition) is 4. The van der Waals surface area contributed by atoms with Crippen LogP contribution in [0.1, 0.15) is 29.2 Å². The fourth-order valence-electron chi connectivity index (χ4n) is 4.16. The summed E-state index contributed by atoms with van der Waals surface area (Å²) in [5, 5.41) is 9.40. The second-order valence-electron chi connectivity index (χ2n) is 7.79. The summed E-state index contributed by atoms with van der Waals surface area (Å²) >= 11 is 0. The van der Waals surface area contributed by atoms with Gasteiger partial charge < -0.3 is 4.90 Å². The van der Waals surface area contributed by atoms with E-state index in [2.05, 4.69) is 20.2 Å². The van der Waals surface area contributed by atoms with Gasteiger partial charge in [-0.25, -0.2) is 4.98 Å². The number of nitrogens with zero attached hydrogens (tertiary/aromatic N) is 4. The van der Waals surface area contributed by atoms with Crippen LogP contribution >= 0.6 is 0 Å². The number of rotatable bonds is 4. The van der Waals surface area contributed by atoms with Gasteiger partial charge in [0.2, 0.25) is 0 Å². The maximum atomic E-state index is 13.1. The van der Waals surface area contributed by atoms with Crippen LogP contribution in [0.15, 0.2) is 66.9 Å². The lowest BCUT2D eigenvalue weighted by Gasteiger charge is -2.31. The number of aromatic nitrogens is 4. The van der Waals surface area contributed by atoms with Gasteiger partial charge in [-0.3, -0.25) is 14.9 Å². The molecule has 1 aliphatic rings. The topological polar surface area (TPSA) is 74.8 Å². The van der Waals surface area contributed by atoms with Gasteiger partial charge in [0.25, 0.3) is 5.91 Å². The Labute approximate surface area is 175 Å². The molecule has 2 aromatic heterocycles. The summed E-state index contributed by atoms with van der Waals surface area (Å²) in [6.45, 7) is 1.49. The number of H-pyrrole nitrogens is 1. The average molecular weight is 397 g/mol. The summed E-state index contributed by atoms with van der Waals surface area (Å²) in [6.07, 6.45) is 4.49. The number of benzene rings is 2. The maximum Gasteiger partial charge on any atom is 0.273 e. The highest BCUT2D eigenvalue weighted by atomic mass is 16.2. The van der Waals surface area contributed by atoms with Crippen molar-refractivity contribution < 1.29 is 4.79 Å². The van der Waals surface area contributed by atoms with E-state index in [0.717, 1.165) is 60.3 Å². The van der Waals surface area contributed by atoms with Gasteiger partial charge in [0, 0.05) is 36.7 Å². The SMILES string of the molecule is O=C(c1nccc2ccccc12)N1CCC(Cc2nc(-c3ccccc3)n[nH]2)CC1. The Balaban J connectivity index is 1.22. The van der Waals surface area contributed by atoms with E-state index in [1.165, 1.54) is 0 Å². The largest absolute Gasteiger partial charge is 0.337 e. The smallest absolute Gasteiger partial charge is 0.273 e. The highest BCUT2D eigenvalue weighted by Crippen LogP contribution is 2.24. The zero-order valence-corrected chi connectivity index (χ0v) is 16.7. The molecular weight excluding hydrogens is 374 g/mol. The molecule has 150 valence electrons. The number of carbonyl (C=O) groups excluding carboxylic acids is 1. The minimum absolute atomic E-state index is 0.0243. The van der Waals surface area contributed by atoms with Crippen molar-refractivity contribution in [3.05, 3.63) is 78.4 Å². The number of likely N-dealkylation sites (tertiary alicyclic amines) is 1. The van der Waals surface area contributed by atoms with Crippen molar-refractivity contribution in [1.29, 1.82) is 0 Å². The number of pyridine rings is 1. The highest BCUT2D eigenvalue weighted by Gasteiger charge is 2.26. The quantitative estimate of drug-likeness (QED) is 0.562. The number of hydrogen-bond donors (Lipinski definition) is 1. The third-order valence-electron chi connectivity index (χ3n) is 5.82. The summed E-state index contributed by atoms with van der Waals surface area (Å²) in [5.74, 6) is 2.16. The molecule has 5 rings (SSSR count). The van der Waals surface area contributed by atoms with Crippen LogP contribution < -0.4 is 0 Å². The van der Waals surface area contributed by atoms with Crippen molar-refractivity contribution in [3.63, 3.8) is 0 Å². The minimum atomic E-state index is 0.0243. The van der Waals surface area contributed by atoms with Crippen LogP contribution in [0, 0.1) is 5.92 Å². The number of nitrogens with one attached hydrogen (secondary N) is 1. The molecule has 0 saturated carbocycles. The Bertz CT molecular complexity index is 1160. The first kappa shape index (κ1) is 18.5. The van der Waals surface area contributed by atoms with Gasteiger partial charge in [0.05, 0.1) is 0 Å². The van der Waals surface area contributed by atoms with Crippen molar-refractivity contribution in [2.45, 2.75) is 19.3 Å². The minimum Gasteiger partial charge on any atom is -0.337 e. The molecular formula is C24H23N5O. The second kappa shape index (κ2) is 8.06. The van der Waals surface area contributed by atoms with E-state index < -0.39 is 0 Å². The molecule has 1 aliphatic heterocycles. The van der Waals surface area contributed by atoms with Crippen LogP contribution in [0.25, 0.3) is 22.2 Å². The van der Waals surface area contributed by atoms with Crippen LogP contribution in [0.4, 0.5) is 0 Å². The first-order valence-corrected chi connectivity index (χ1v) is 10.4. The normalized spacial score (nSPS) is 14.9. The molecule has 1 fully saturated rings. The first-order chi connectivity index (χ1) is 14.8. The lowest BCUT2D eigenvalue weighted by atomic mass is 9.93. The molecule has 1 saturated heterocycles. The molecule has 3 heterocycles. The van der Waals surface area contributed by atoms with Crippen molar-refractivity contribution in [1.82, 2.24) is 25.1 Å². The summed E-state index contributed by atoms with van der Waals surface area (Å²) in [7, 11) is 0. The van der Waals surface area contributed by atoms with Gasteiger partial charge in [0.15, 0.2) is 5.82 Å². The van der Waals surface area contributed by atoms with E-state index >= 15 is 0 Å². The third kappa shape index (κ3) is 3.68. The van der Waals surface area contributed by atoms with Gasteiger partial charge in [-0.2, -0.15) is 5.10 Å². The number of fused-ring (bicyclic) bond motifs is 1. The number of aromatic amines is 1. The van der Waals surface area contributed by atoms with Crippen LogP contribution in [0.3, 0.4) is 0 Å². The molecule has 1 amide bonds. The van der Waals surface area contributed by atoms with E-state index in [-0.39, 0.29) is 5.91 Å². The fraction of sp³-hybridized carbons (Fsp3) is 0.250. The number of amides is 1. The molecule has 0 radical (unpaired) electrons. The molecule has 6 heteroatoms. The van der Waals surface area contributed by atoms with Crippen LogP contribution in [-0.4, -0.2) is 44.1 Å². The molecule has 0 bridgehead atoms. The summed E-state index contributed by atoms with van der Waals surface area (Å²) in [5.41, 5.74) is 1.57. The van der Waals surface area contributed by atoms with Gasteiger partial charge in [-0.15, -0.1) is 0 Å². The summed E-state index contributed by atoms with van der Waals surface area (Å²) in [6, 6.07) is 19.8. The van der Waals surface area contributed by atoms with Gasteiger partial charge in [0.1, 0.15) is 11.5 Å². The molecule has 30 heavy (non-hydrogen) atoms. The zero-order valence-electron chi connectivity index (χ0n) is 16.7. The predicted molar refractivity (Wildman–Crippen MR) is 116 cm³/mol. The van der Waals surface area contributed by atoms with E-state index in [1.54, 1.807) is 6.20 Å². The van der Waals surface area contributed by atoms with Gasteiger partial charge in [-0.1, -0.05) is 54.6 Å². The molecule has 0 aliphatic carbocycles. The lowest BCUT2D eigenvalue weighted by Crippen LogP contribution is -2.39. The Morgan fingerprint density at radius 3 is 2.60 bits per heavy atom. The Hall–Kier alpha value is -3.54. The molecule has 0 atom stereocenters. The van der Waals surface area contributed by atoms with Crippen LogP contribution in [0.2, 0.25) is 0 Å². The average Bonchev–Trinajstić information content (AvgIpc) is 3.28. The van der Waals surface area contributed by atoms with Crippen molar-refractivity contribution >= 4 is 16.7 Å². The number of carbonyl (C=O) groups is 1. The monoisotopic (exact) mass is 397 g/mol. The van der Waals surface area contributed by atoms with Gasteiger partial charge >= 0.3 is 0 Å². The standard InChI is InChI=1S/C24H23N5O/c30-24(22-20-9-5-4-6-18(20)10-13-25-22)29-14-11-17(12-15-29)16-21-26-23(28-27-21)19-7-2-1-3-8-19/h1-10,13,17H,11-12,14-16H2,(H,26,27,28). The summed E-state index contributed by atoms with van der Waals surface area (Å²) in [4.78, 5) is 24.0. The van der Waals surface area contributed by atoms with Crippen molar-refractivity contribution in [2.24, 2.45) is 5.92 Å². The second-order valence-corrected chi connectivity index (χ2v) is 7.79. The molecule has 2 aromatic carbocycles. The highest BCUT2D eigenvalue weighted by molar-refractivity contribution is 6.05. The first-order valence-electron chi connectivity index (χ1n) is 10.4. The van der Waals surface area contributed by atoms with E-state index in [1.807, 2.05) is 65.6 Å². The Kier molecular flexibility index (Phi) is 4.97. The van der Waals surface area contributed by atoms with Gasteiger partial charge in [-0.05, 0) is 30.2 Å². The van der Waals surface area contributed by atoms with E-state index in [0.29, 0.717) is 11.6 Å². The number of piperidine rings is 1. The molecule has 4 aromatic rings.